The van der Waals surface area contributed by atoms with E-state index in [0.29, 0.717) is 0 Å². The molecule has 1 aliphatic rings. The number of hydrogen-bond acceptors (Lipinski definition) is 5. The average molecular weight is 294 g/mol. The van der Waals surface area contributed by atoms with Crippen LogP contribution in [0.4, 0.5) is 0 Å². The van der Waals surface area contributed by atoms with Crippen LogP contribution in [-0.4, -0.2) is 24.3 Å². The van der Waals surface area contributed by atoms with E-state index in [1.807, 2.05) is 42.8 Å². The fraction of sp³-hybridized carbons (Fsp3) is 0.286. The Kier molecular flexibility index (Phi) is 4.71. The maximum Gasteiger partial charge on any atom is 0.344 e. The van der Waals surface area contributed by atoms with Gasteiger partial charge in [-0.2, -0.15) is 0 Å². The first kappa shape index (κ1) is 14.2. The molecule has 2 rings (SSSR count). The quantitative estimate of drug-likeness (QED) is 0.486. The molecule has 1 heterocycles. The molecule has 0 amide bonds. The second-order valence-corrected chi connectivity index (χ2v) is 5.89. The van der Waals surface area contributed by atoms with Gasteiger partial charge in [0.15, 0.2) is 5.78 Å². The lowest BCUT2D eigenvalue weighted by Gasteiger charge is -2.24. The number of thioether (sulfide) groups is 2. The van der Waals surface area contributed by atoms with Gasteiger partial charge in [-0.15, -0.1) is 23.5 Å². The van der Waals surface area contributed by atoms with Crippen molar-refractivity contribution in [2.24, 2.45) is 0 Å². The summed E-state index contributed by atoms with van der Waals surface area (Å²) in [5.74, 6) is -0.646. The van der Waals surface area contributed by atoms with E-state index in [1.165, 1.54) is 23.5 Å². The largest absolute Gasteiger partial charge is 0.453 e. The molecule has 5 heteroatoms. The van der Waals surface area contributed by atoms with Crippen LogP contribution in [0.5, 0.6) is 0 Å². The Morgan fingerprint density at radius 2 is 1.79 bits per heavy atom. The smallest absolute Gasteiger partial charge is 0.344 e. The average Bonchev–Trinajstić information content (AvgIpc) is 2.43. The number of carbonyl (C=O) groups excluding carboxylic acids is 2. The molecule has 0 radical (unpaired) electrons. The third kappa shape index (κ3) is 3.04. The molecular weight excluding hydrogens is 280 g/mol. The molecule has 0 saturated carbocycles. The van der Waals surface area contributed by atoms with Gasteiger partial charge in [0.2, 0.25) is 0 Å². The van der Waals surface area contributed by atoms with E-state index >= 15 is 0 Å². The fourth-order valence-electron chi connectivity index (χ4n) is 1.95. The zero-order valence-electron chi connectivity index (χ0n) is 10.7. The zero-order chi connectivity index (χ0) is 13.8. The molecule has 1 aliphatic heterocycles. The Morgan fingerprint density at radius 3 is 2.32 bits per heavy atom. The van der Waals surface area contributed by atoms with E-state index in [0.717, 1.165) is 9.80 Å². The third-order valence-corrected chi connectivity index (χ3v) is 5.00. The molecule has 0 spiro atoms. The highest BCUT2D eigenvalue weighted by Crippen LogP contribution is 2.35. The molecule has 0 N–H and O–H groups in total. The highest BCUT2D eigenvalue weighted by atomic mass is 32.2. The molecule has 100 valence electrons. The van der Waals surface area contributed by atoms with Crippen molar-refractivity contribution in [1.29, 1.82) is 0 Å². The number of cyclic esters (lactones) is 1. The van der Waals surface area contributed by atoms with Gasteiger partial charge in [0.1, 0.15) is 11.7 Å². The second kappa shape index (κ2) is 6.30. The minimum absolute atomic E-state index is 0.135. The van der Waals surface area contributed by atoms with Gasteiger partial charge < -0.3 is 4.74 Å². The molecule has 0 aromatic heterocycles. The lowest BCUT2D eigenvalue weighted by atomic mass is 9.98. The van der Waals surface area contributed by atoms with Crippen molar-refractivity contribution in [2.75, 3.05) is 12.5 Å². The summed E-state index contributed by atoms with van der Waals surface area (Å²) in [6.45, 7) is 0. The predicted molar refractivity (Wildman–Crippen MR) is 79.0 cm³/mol. The van der Waals surface area contributed by atoms with E-state index in [9.17, 15) is 9.59 Å². The SMILES string of the molecule is CSC(SC)=C1C(=O)CC(c2ccccc2)OC1=O. The van der Waals surface area contributed by atoms with Gasteiger partial charge in [0.25, 0.3) is 0 Å². The van der Waals surface area contributed by atoms with Crippen LogP contribution in [0, 0.1) is 0 Å². The number of ether oxygens (including phenoxy) is 1. The van der Waals surface area contributed by atoms with Crippen LogP contribution in [0.25, 0.3) is 0 Å². The van der Waals surface area contributed by atoms with Gasteiger partial charge in [0.05, 0.1) is 10.7 Å². The number of carbonyl (C=O) groups is 2. The van der Waals surface area contributed by atoms with Crippen molar-refractivity contribution in [2.45, 2.75) is 12.5 Å². The number of ketones is 1. The summed E-state index contributed by atoms with van der Waals surface area (Å²) >= 11 is 2.80. The van der Waals surface area contributed by atoms with Crippen molar-refractivity contribution >= 4 is 35.3 Å². The number of benzene rings is 1. The van der Waals surface area contributed by atoms with Crippen LogP contribution >= 0.6 is 23.5 Å². The van der Waals surface area contributed by atoms with Crippen LogP contribution < -0.4 is 0 Å². The zero-order valence-corrected chi connectivity index (χ0v) is 12.3. The molecule has 1 fully saturated rings. The first-order valence-corrected chi connectivity index (χ1v) is 8.23. The van der Waals surface area contributed by atoms with Gasteiger partial charge >= 0.3 is 5.97 Å². The monoisotopic (exact) mass is 294 g/mol. The number of hydrogen-bond donors (Lipinski definition) is 0. The van der Waals surface area contributed by atoms with E-state index < -0.39 is 12.1 Å². The molecule has 0 aliphatic carbocycles. The van der Waals surface area contributed by atoms with E-state index in [2.05, 4.69) is 0 Å². The summed E-state index contributed by atoms with van der Waals surface area (Å²) in [6.07, 6.45) is 3.45. The van der Waals surface area contributed by atoms with Crippen LogP contribution in [-0.2, 0) is 14.3 Å². The van der Waals surface area contributed by atoms with E-state index in [1.54, 1.807) is 0 Å². The summed E-state index contributed by atoms with van der Waals surface area (Å²) in [4.78, 5) is 24.2. The molecule has 0 bridgehead atoms. The maximum absolute atomic E-state index is 12.2. The Labute approximate surface area is 120 Å². The molecule has 1 atom stereocenters. The number of esters is 1. The van der Waals surface area contributed by atoms with Gasteiger partial charge in [-0.25, -0.2) is 4.79 Å². The molecule has 3 nitrogen and oxygen atoms in total. The molecule has 1 saturated heterocycles. The summed E-state index contributed by atoms with van der Waals surface area (Å²) in [7, 11) is 0. The van der Waals surface area contributed by atoms with Crippen LogP contribution in [0.15, 0.2) is 40.1 Å². The fourth-order valence-corrected chi connectivity index (χ4v) is 3.42. The Balaban J connectivity index is 2.27. The highest BCUT2D eigenvalue weighted by Gasteiger charge is 2.34. The summed E-state index contributed by atoms with van der Waals surface area (Å²) in [5, 5.41) is 0. The summed E-state index contributed by atoms with van der Waals surface area (Å²) in [5.41, 5.74) is 1.06. The molecular formula is C14H14O3S2. The van der Waals surface area contributed by atoms with Gasteiger partial charge in [-0.3, -0.25) is 4.79 Å². The van der Waals surface area contributed by atoms with Crippen LogP contribution in [0.3, 0.4) is 0 Å². The highest BCUT2D eigenvalue weighted by molar-refractivity contribution is 8.21. The van der Waals surface area contributed by atoms with Crippen molar-refractivity contribution in [3.63, 3.8) is 0 Å². The number of rotatable bonds is 3. The van der Waals surface area contributed by atoms with Crippen molar-refractivity contribution in [3.8, 4) is 0 Å². The molecule has 1 aromatic carbocycles. The van der Waals surface area contributed by atoms with E-state index in [-0.39, 0.29) is 17.8 Å². The first-order chi connectivity index (χ1) is 9.17. The van der Waals surface area contributed by atoms with Crippen LogP contribution in [0.2, 0.25) is 0 Å². The summed E-state index contributed by atoms with van der Waals surface area (Å²) < 4.78 is 6.12. The van der Waals surface area contributed by atoms with Crippen molar-refractivity contribution in [3.05, 3.63) is 45.7 Å². The third-order valence-electron chi connectivity index (χ3n) is 2.85. The minimum atomic E-state index is -0.510. The normalized spacial score (nSPS) is 19.3. The number of Topliss-reactive ketones (excluding diaryl/α,β-unsaturated/α-hetero) is 1. The van der Waals surface area contributed by atoms with Gasteiger partial charge in [0, 0.05) is 0 Å². The Morgan fingerprint density at radius 1 is 1.16 bits per heavy atom. The van der Waals surface area contributed by atoms with Crippen LogP contribution in [0.1, 0.15) is 18.1 Å². The van der Waals surface area contributed by atoms with Gasteiger partial charge in [-0.1, -0.05) is 30.3 Å². The standard InChI is InChI=1S/C14H14O3S2/c1-18-14(19-2)12-10(15)8-11(17-13(12)16)9-6-4-3-5-7-9/h3-7,11H,8H2,1-2H3. The molecule has 19 heavy (non-hydrogen) atoms. The molecule has 1 aromatic rings. The van der Waals surface area contributed by atoms with Crippen molar-refractivity contribution in [1.82, 2.24) is 0 Å². The second-order valence-electron chi connectivity index (χ2n) is 4.00. The minimum Gasteiger partial charge on any atom is -0.453 e. The lowest BCUT2D eigenvalue weighted by Crippen LogP contribution is -2.28. The van der Waals surface area contributed by atoms with E-state index in [4.69, 9.17) is 4.74 Å². The van der Waals surface area contributed by atoms with Crippen molar-refractivity contribution < 1.29 is 14.3 Å². The maximum atomic E-state index is 12.2. The molecule has 1 unspecified atom stereocenters. The summed E-state index contributed by atoms with van der Waals surface area (Å²) in [6, 6.07) is 9.36. The van der Waals surface area contributed by atoms with Gasteiger partial charge in [-0.05, 0) is 18.1 Å². The predicted octanol–water partition coefficient (Wildman–Crippen LogP) is 3.18. The Hall–Kier alpha value is -1.20. The lowest BCUT2D eigenvalue weighted by molar-refractivity contribution is -0.151. The topological polar surface area (TPSA) is 43.4 Å². The Bertz CT molecular complexity index is 497. The first-order valence-electron chi connectivity index (χ1n) is 5.78.